The molecule has 1 atom stereocenters. The lowest BCUT2D eigenvalue weighted by molar-refractivity contribution is -0.159. The highest BCUT2D eigenvalue weighted by Crippen LogP contribution is 2.29. The lowest BCUT2D eigenvalue weighted by Gasteiger charge is -2.07. The van der Waals surface area contributed by atoms with Gasteiger partial charge in [0, 0.05) is 17.4 Å². The summed E-state index contributed by atoms with van der Waals surface area (Å²) in [5.74, 6) is -5.14. The first kappa shape index (κ1) is 20.6. The van der Waals surface area contributed by atoms with Gasteiger partial charge in [0.25, 0.3) is 5.91 Å². The molecule has 0 N–H and O–H groups in total. The van der Waals surface area contributed by atoms with E-state index in [-0.39, 0.29) is 17.0 Å². The van der Waals surface area contributed by atoms with Crippen molar-refractivity contribution in [2.24, 2.45) is 4.36 Å². The molecule has 152 valence electrons. The van der Waals surface area contributed by atoms with Crippen molar-refractivity contribution >= 4 is 15.6 Å². The number of aromatic nitrogens is 2. The van der Waals surface area contributed by atoms with Crippen molar-refractivity contribution in [1.29, 1.82) is 0 Å². The molecule has 29 heavy (non-hydrogen) atoms. The number of nitrogens with zero attached hydrogens (tertiary/aromatic N) is 3. The molecular weight excluding hydrogens is 421 g/mol. The number of hydrogen-bond donors (Lipinski definition) is 0. The third kappa shape index (κ3) is 4.31. The van der Waals surface area contributed by atoms with Gasteiger partial charge >= 0.3 is 12.1 Å². The Labute approximate surface area is 160 Å². The molecule has 0 saturated heterocycles. The van der Waals surface area contributed by atoms with Crippen LogP contribution >= 0.6 is 0 Å². The van der Waals surface area contributed by atoms with E-state index in [9.17, 15) is 31.0 Å². The van der Waals surface area contributed by atoms with Crippen LogP contribution in [-0.2, 0) is 15.9 Å². The standard InChI is InChI=1S/C17H10F5N3O3S/c1-29(27,13-11(18)3-2-4-12(13)19)25-15(26)10-7-5-9(6-8-10)14-23-16(28-24-14)17(20,21)22/h2-8H,1H3. The fourth-order valence-corrected chi connectivity index (χ4v) is 3.69. The zero-order chi connectivity index (χ0) is 21.4. The summed E-state index contributed by atoms with van der Waals surface area (Å²) in [6.07, 6.45) is -3.89. The van der Waals surface area contributed by atoms with Crippen molar-refractivity contribution in [1.82, 2.24) is 10.1 Å². The summed E-state index contributed by atoms with van der Waals surface area (Å²) in [5, 5.41) is 3.20. The molecular formula is C17H10F5N3O3S. The van der Waals surface area contributed by atoms with Crippen molar-refractivity contribution in [3.8, 4) is 11.4 Å². The Bertz CT molecular complexity index is 1180. The van der Waals surface area contributed by atoms with Gasteiger partial charge in [-0.3, -0.25) is 4.79 Å². The number of alkyl halides is 3. The molecule has 1 heterocycles. The second-order valence-corrected chi connectivity index (χ2v) is 7.94. The molecule has 0 aliphatic rings. The first-order chi connectivity index (χ1) is 13.5. The summed E-state index contributed by atoms with van der Waals surface area (Å²) in [5.41, 5.74) is -0.00204. The van der Waals surface area contributed by atoms with Gasteiger partial charge in [-0.1, -0.05) is 23.4 Å². The van der Waals surface area contributed by atoms with Gasteiger partial charge in [-0.05, 0) is 24.3 Å². The summed E-state index contributed by atoms with van der Waals surface area (Å²) >= 11 is 0. The fourth-order valence-electron chi connectivity index (χ4n) is 2.32. The average Bonchev–Trinajstić information content (AvgIpc) is 3.11. The molecule has 0 fully saturated rings. The Morgan fingerprint density at radius 1 is 1.07 bits per heavy atom. The van der Waals surface area contributed by atoms with Crippen LogP contribution in [0, 0.1) is 11.6 Å². The molecule has 0 bridgehead atoms. The summed E-state index contributed by atoms with van der Waals surface area (Å²) in [6.45, 7) is 0. The maximum atomic E-state index is 13.8. The number of rotatable bonds is 3. The monoisotopic (exact) mass is 431 g/mol. The Balaban J connectivity index is 1.90. The zero-order valence-electron chi connectivity index (χ0n) is 14.4. The van der Waals surface area contributed by atoms with Crippen molar-refractivity contribution in [2.45, 2.75) is 11.1 Å². The van der Waals surface area contributed by atoms with Gasteiger partial charge in [0.15, 0.2) is 0 Å². The molecule has 0 spiro atoms. The minimum absolute atomic E-state index is 0.109. The van der Waals surface area contributed by atoms with E-state index >= 15 is 0 Å². The summed E-state index contributed by atoms with van der Waals surface area (Å²) in [6, 6.07) is 7.61. The predicted molar refractivity (Wildman–Crippen MR) is 90.2 cm³/mol. The minimum Gasteiger partial charge on any atom is -0.329 e. The predicted octanol–water partition coefficient (Wildman–Crippen LogP) is 4.33. The van der Waals surface area contributed by atoms with Gasteiger partial charge in [-0.25, -0.2) is 13.0 Å². The second kappa shape index (κ2) is 7.35. The van der Waals surface area contributed by atoms with E-state index in [2.05, 4.69) is 19.0 Å². The molecule has 0 saturated carbocycles. The average molecular weight is 431 g/mol. The smallest absolute Gasteiger partial charge is 0.329 e. The van der Waals surface area contributed by atoms with E-state index in [1.807, 2.05) is 0 Å². The highest BCUT2D eigenvalue weighted by atomic mass is 32.2. The van der Waals surface area contributed by atoms with E-state index in [0.29, 0.717) is 0 Å². The van der Waals surface area contributed by atoms with Crippen LogP contribution in [0.5, 0.6) is 0 Å². The van der Waals surface area contributed by atoms with E-state index < -0.39 is 44.2 Å². The number of amides is 1. The Kier molecular flexibility index (Phi) is 5.22. The van der Waals surface area contributed by atoms with E-state index in [0.717, 1.165) is 36.6 Å². The number of halogens is 5. The quantitative estimate of drug-likeness (QED) is 0.577. The summed E-state index contributed by atoms with van der Waals surface area (Å²) in [4.78, 5) is 14.6. The van der Waals surface area contributed by atoms with Crippen LogP contribution in [0.1, 0.15) is 16.2 Å². The van der Waals surface area contributed by atoms with Gasteiger partial charge in [0.1, 0.15) is 16.5 Å². The molecule has 0 aliphatic heterocycles. The Morgan fingerprint density at radius 3 is 2.17 bits per heavy atom. The lowest BCUT2D eigenvalue weighted by Crippen LogP contribution is -2.08. The molecule has 1 aromatic heterocycles. The molecule has 1 unspecified atom stereocenters. The van der Waals surface area contributed by atoms with Crippen LogP contribution in [0.3, 0.4) is 0 Å². The molecule has 3 rings (SSSR count). The normalized spacial score (nSPS) is 13.7. The molecule has 3 aromatic rings. The minimum atomic E-state index is -4.80. The van der Waals surface area contributed by atoms with Gasteiger partial charge in [0.2, 0.25) is 5.82 Å². The first-order valence-electron chi connectivity index (χ1n) is 7.71. The number of carbonyl (C=O) groups excluding carboxylic acids is 1. The Hall–Kier alpha value is -3.15. The lowest BCUT2D eigenvalue weighted by atomic mass is 10.1. The third-order valence-corrected chi connectivity index (χ3v) is 5.28. The van der Waals surface area contributed by atoms with Crippen LogP contribution in [-0.4, -0.2) is 26.5 Å². The van der Waals surface area contributed by atoms with E-state index in [1.54, 1.807) is 0 Å². The highest BCUT2D eigenvalue weighted by molar-refractivity contribution is 7.93. The topological polar surface area (TPSA) is 85.4 Å². The molecule has 6 nitrogen and oxygen atoms in total. The van der Waals surface area contributed by atoms with Crippen molar-refractivity contribution in [2.75, 3.05) is 6.26 Å². The summed E-state index contributed by atoms with van der Waals surface area (Å²) in [7, 11) is -3.73. The SMILES string of the molecule is CS(=O)(=NC(=O)c1ccc(-c2noc(C(F)(F)F)n2)cc1)c1c(F)cccc1F. The van der Waals surface area contributed by atoms with E-state index in [4.69, 9.17) is 0 Å². The molecule has 2 aromatic carbocycles. The van der Waals surface area contributed by atoms with Crippen LogP contribution < -0.4 is 0 Å². The first-order valence-corrected chi connectivity index (χ1v) is 9.63. The van der Waals surface area contributed by atoms with Gasteiger partial charge in [-0.15, -0.1) is 0 Å². The Morgan fingerprint density at radius 2 is 1.66 bits per heavy atom. The van der Waals surface area contributed by atoms with Crippen LogP contribution in [0.25, 0.3) is 11.4 Å². The van der Waals surface area contributed by atoms with Gasteiger partial charge in [-0.2, -0.15) is 22.5 Å². The zero-order valence-corrected chi connectivity index (χ0v) is 15.2. The molecule has 12 heteroatoms. The van der Waals surface area contributed by atoms with Crippen LogP contribution in [0.2, 0.25) is 0 Å². The molecule has 0 radical (unpaired) electrons. The van der Waals surface area contributed by atoms with Crippen molar-refractivity contribution < 1.29 is 35.5 Å². The van der Waals surface area contributed by atoms with Crippen molar-refractivity contribution in [3.63, 3.8) is 0 Å². The highest BCUT2D eigenvalue weighted by Gasteiger charge is 2.38. The summed E-state index contributed by atoms with van der Waals surface area (Å²) < 4.78 is 85.3. The van der Waals surface area contributed by atoms with E-state index in [1.165, 1.54) is 12.1 Å². The van der Waals surface area contributed by atoms with Gasteiger partial charge < -0.3 is 4.52 Å². The number of carbonyl (C=O) groups is 1. The largest absolute Gasteiger partial charge is 0.471 e. The van der Waals surface area contributed by atoms with Crippen molar-refractivity contribution in [3.05, 3.63) is 65.6 Å². The van der Waals surface area contributed by atoms with Crippen LogP contribution in [0.4, 0.5) is 22.0 Å². The third-order valence-electron chi connectivity index (χ3n) is 3.61. The maximum Gasteiger partial charge on any atom is 0.471 e. The number of hydrogen-bond acceptors (Lipinski definition) is 5. The molecule has 1 amide bonds. The van der Waals surface area contributed by atoms with Crippen LogP contribution in [0.15, 0.2) is 56.2 Å². The second-order valence-electron chi connectivity index (χ2n) is 5.75. The fraction of sp³-hybridized carbons (Fsp3) is 0.118. The maximum absolute atomic E-state index is 13.8. The molecule has 0 aliphatic carbocycles. The number of benzene rings is 2. The van der Waals surface area contributed by atoms with Gasteiger partial charge in [0.05, 0.1) is 9.73 Å².